The summed E-state index contributed by atoms with van der Waals surface area (Å²) in [6.45, 7) is 0.0752. The summed E-state index contributed by atoms with van der Waals surface area (Å²) in [6, 6.07) is 4.11. The molecule has 0 aliphatic rings. The maximum Gasteiger partial charge on any atom is 0.336 e. The van der Waals surface area contributed by atoms with Crippen LogP contribution in [0.3, 0.4) is 0 Å². The van der Waals surface area contributed by atoms with Crippen molar-refractivity contribution in [1.29, 1.82) is 0 Å². The minimum absolute atomic E-state index is 0.0752. The second-order valence-corrected chi connectivity index (χ2v) is 5.01. The SMILES string of the molecule is O=C(O)CC(O)(CC(=O)NCCc1ccc(O)c(O)c1)C(=O)O. The van der Waals surface area contributed by atoms with E-state index in [9.17, 15) is 24.6 Å². The zero-order valence-corrected chi connectivity index (χ0v) is 12.0. The van der Waals surface area contributed by atoms with Crippen LogP contribution >= 0.6 is 0 Å². The molecular formula is C14H17NO8. The van der Waals surface area contributed by atoms with E-state index in [1.807, 2.05) is 0 Å². The minimum Gasteiger partial charge on any atom is -0.504 e. The van der Waals surface area contributed by atoms with Crippen LogP contribution in [-0.2, 0) is 20.8 Å². The summed E-state index contributed by atoms with van der Waals surface area (Å²) in [5, 5.41) is 48.0. The number of rotatable bonds is 8. The van der Waals surface area contributed by atoms with Crippen LogP contribution in [0.2, 0.25) is 0 Å². The number of phenolic OH excluding ortho intramolecular Hbond substituents is 2. The molecular weight excluding hydrogens is 310 g/mol. The molecule has 1 amide bonds. The zero-order chi connectivity index (χ0) is 17.6. The molecule has 1 aromatic carbocycles. The molecule has 0 saturated heterocycles. The number of hydrogen-bond donors (Lipinski definition) is 6. The summed E-state index contributed by atoms with van der Waals surface area (Å²) in [4.78, 5) is 33.1. The van der Waals surface area contributed by atoms with E-state index in [-0.39, 0.29) is 24.5 Å². The van der Waals surface area contributed by atoms with Gasteiger partial charge in [0.25, 0.3) is 0 Å². The Morgan fingerprint density at radius 3 is 2.22 bits per heavy atom. The van der Waals surface area contributed by atoms with E-state index < -0.39 is 36.3 Å². The lowest BCUT2D eigenvalue weighted by atomic mass is 9.95. The minimum atomic E-state index is -2.67. The van der Waals surface area contributed by atoms with Crippen molar-refractivity contribution in [2.75, 3.05) is 6.54 Å². The Morgan fingerprint density at radius 1 is 1.04 bits per heavy atom. The monoisotopic (exact) mass is 327 g/mol. The summed E-state index contributed by atoms with van der Waals surface area (Å²) in [5.74, 6) is -4.74. The van der Waals surface area contributed by atoms with E-state index in [0.29, 0.717) is 5.56 Å². The molecule has 9 heteroatoms. The predicted octanol–water partition coefficient (Wildman–Crippen LogP) is -0.563. The zero-order valence-electron chi connectivity index (χ0n) is 12.0. The molecule has 1 atom stereocenters. The average Bonchev–Trinajstić information content (AvgIpc) is 2.41. The van der Waals surface area contributed by atoms with Gasteiger partial charge >= 0.3 is 11.9 Å². The van der Waals surface area contributed by atoms with Gasteiger partial charge in [-0.3, -0.25) is 9.59 Å². The molecule has 1 rings (SSSR count). The Bertz CT molecular complexity index is 615. The van der Waals surface area contributed by atoms with Gasteiger partial charge in [0.1, 0.15) is 0 Å². The molecule has 23 heavy (non-hydrogen) atoms. The van der Waals surface area contributed by atoms with Gasteiger partial charge in [-0.25, -0.2) is 4.79 Å². The smallest absolute Gasteiger partial charge is 0.336 e. The third-order valence-corrected chi connectivity index (χ3v) is 3.07. The topological polar surface area (TPSA) is 164 Å². The number of aromatic hydroxyl groups is 2. The second-order valence-electron chi connectivity index (χ2n) is 5.01. The van der Waals surface area contributed by atoms with Crippen LogP contribution in [0, 0.1) is 0 Å². The van der Waals surface area contributed by atoms with Gasteiger partial charge in [-0.05, 0) is 24.1 Å². The van der Waals surface area contributed by atoms with E-state index in [4.69, 9.17) is 15.3 Å². The fourth-order valence-corrected chi connectivity index (χ4v) is 1.86. The molecule has 9 nitrogen and oxygen atoms in total. The van der Waals surface area contributed by atoms with Crippen LogP contribution in [-0.4, -0.2) is 55.5 Å². The fourth-order valence-electron chi connectivity index (χ4n) is 1.86. The van der Waals surface area contributed by atoms with Crippen LogP contribution in [0.1, 0.15) is 18.4 Å². The van der Waals surface area contributed by atoms with Crippen molar-refractivity contribution in [3.05, 3.63) is 23.8 Å². The highest BCUT2D eigenvalue weighted by molar-refractivity contribution is 5.90. The largest absolute Gasteiger partial charge is 0.504 e. The molecule has 0 radical (unpaired) electrons. The van der Waals surface area contributed by atoms with Crippen molar-refractivity contribution in [3.8, 4) is 11.5 Å². The first kappa shape index (κ1) is 18.2. The van der Waals surface area contributed by atoms with Gasteiger partial charge in [-0.15, -0.1) is 0 Å². The van der Waals surface area contributed by atoms with Gasteiger partial charge in [-0.1, -0.05) is 6.07 Å². The lowest BCUT2D eigenvalue weighted by Crippen LogP contribution is -2.45. The Balaban J connectivity index is 2.54. The normalized spacial score (nSPS) is 13.1. The van der Waals surface area contributed by atoms with Gasteiger partial charge in [0.2, 0.25) is 5.91 Å². The number of carboxylic acids is 2. The highest BCUT2D eigenvalue weighted by atomic mass is 16.4. The highest BCUT2D eigenvalue weighted by Crippen LogP contribution is 2.24. The van der Waals surface area contributed by atoms with Gasteiger partial charge in [-0.2, -0.15) is 0 Å². The van der Waals surface area contributed by atoms with Crippen molar-refractivity contribution in [2.24, 2.45) is 0 Å². The summed E-state index contributed by atoms with van der Waals surface area (Å²) in [5.41, 5.74) is -2.06. The van der Waals surface area contributed by atoms with E-state index in [1.54, 1.807) is 0 Å². The van der Waals surface area contributed by atoms with Crippen molar-refractivity contribution < 1.29 is 39.9 Å². The molecule has 0 saturated carbocycles. The number of hydrogen-bond acceptors (Lipinski definition) is 6. The number of carbonyl (C=O) groups excluding carboxylic acids is 1. The molecule has 126 valence electrons. The summed E-state index contributed by atoms with van der Waals surface area (Å²) in [6.07, 6.45) is -1.71. The first-order chi connectivity index (χ1) is 10.6. The van der Waals surface area contributed by atoms with E-state index in [0.717, 1.165) is 0 Å². The Hall–Kier alpha value is -2.81. The van der Waals surface area contributed by atoms with Crippen LogP contribution in [0.15, 0.2) is 18.2 Å². The number of nitrogens with one attached hydrogen (secondary N) is 1. The first-order valence-electron chi connectivity index (χ1n) is 6.59. The van der Waals surface area contributed by atoms with Gasteiger partial charge in [0, 0.05) is 6.54 Å². The quantitative estimate of drug-likeness (QED) is 0.346. The third-order valence-electron chi connectivity index (χ3n) is 3.07. The molecule has 6 N–H and O–H groups in total. The van der Waals surface area contributed by atoms with E-state index >= 15 is 0 Å². The Morgan fingerprint density at radius 2 is 1.70 bits per heavy atom. The lowest BCUT2D eigenvalue weighted by Gasteiger charge is -2.20. The number of carbonyl (C=O) groups is 3. The number of aliphatic hydroxyl groups is 1. The van der Waals surface area contributed by atoms with Crippen molar-refractivity contribution in [3.63, 3.8) is 0 Å². The van der Waals surface area contributed by atoms with E-state index in [2.05, 4.69) is 5.32 Å². The number of amides is 1. The molecule has 1 unspecified atom stereocenters. The van der Waals surface area contributed by atoms with Crippen LogP contribution < -0.4 is 5.32 Å². The van der Waals surface area contributed by atoms with E-state index in [1.165, 1.54) is 18.2 Å². The van der Waals surface area contributed by atoms with Gasteiger partial charge < -0.3 is 30.8 Å². The fraction of sp³-hybridized carbons (Fsp3) is 0.357. The van der Waals surface area contributed by atoms with Crippen LogP contribution in [0.5, 0.6) is 11.5 Å². The van der Waals surface area contributed by atoms with Gasteiger partial charge in [0.15, 0.2) is 17.1 Å². The van der Waals surface area contributed by atoms with Crippen LogP contribution in [0.4, 0.5) is 0 Å². The molecule has 0 spiro atoms. The summed E-state index contributed by atoms with van der Waals surface area (Å²) in [7, 11) is 0. The first-order valence-corrected chi connectivity index (χ1v) is 6.59. The molecule has 0 fully saturated rings. The standard InChI is InChI=1S/C14H17NO8/c16-9-2-1-8(5-10(9)17)3-4-15-11(18)6-14(23,13(21)22)7-12(19)20/h1-2,5,16-17,23H,3-4,6-7H2,(H,15,18)(H,19,20)(H,21,22). The highest BCUT2D eigenvalue weighted by Gasteiger charge is 2.40. The third kappa shape index (κ3) is 5.47. The number of aliphatic carboxylic acids is 2. The number of phenols is 2. The molecule has 0 aromatic heterocycles. The molecule has 0 bridgehead atoms. The second kappa shape index (κ2) is 7.45. The maximum atomic E-state index is 11.6. The lowest BCUT2D eigenvalue weighted by molar-refractivity contribution is -0.167. The molecule has 0 aliphatic heterocycles. The number of benzene rings is 1. The van der Waals surface area contributed by atoms with Crippen LogP contribution in [0.25, 0.3) is 0 Å². The summed E-state index contributed by atoms with van der Waals surface area (Å²) < 4.78 is 0. The molecule has 0 heterocycles. The summed E-state index contributed by atoms with van der Waals surface area (Å²) >= 11 is 0. The maximum absolute atomic E-state index is 11.6. The van der Waals surface area contributed by atoms with Crippen molar-refractivity contribution >= 4 is 17.8 Å². The number of carboxylic acid groups (broad SMARTS) is 2. The molecule has 1 aromatic rings. The predicted molar refractivity (Wildman–Crippen MR) is 75.9 cm³/mol. The van der Waals surface area contributed by atoms with Gasteiger partial charge in [0.05, 0.1) is 12.8 Å². The Labute approximate surface area is 130 Å². The van der Waals surface area contributed by atoms with Crippen molar-refractivity contribution in [2.45, 2.75) is 24.9 Å². The Kier molecular flexibility index (Phi) is 5.91. The molecule has 0 aliphatic carbocycles. The van der Waals surface area contributed by atoms with Crippen molar-refractivity contribution in [1.82, 2.24) is 5.32 Å². The average molecular weight is 327 g/mol.